The number of nitrogens with zero attached hydrogens (tertiary/aromatic N) is 1. The van der Waals surface area contributed by atoms with Crippen LogP contribution in [0.4, 0.5) is 13.2 Å². The summed E-state index contributed by atoms with van der Waals surface area (Å²) in [5, 5.41) is 8.37. The molecule has 3 nitrogen and oxygen atoms in total. The molecule has 0 heterocycles. The third kappa shape index (κ3) is 5.46. The summed E-state index contributed by atoms with van der Waals surface area (Å²) in [6.07, 6.45) is -3.97. The lowest BCUT2D eigenvalue weighted by molar-refractivity contribution is -0.162. The maximum atomic E-state index is 11.9. The van der Waals surface area contributed by atoms with E-state index in [0.717, 1.165) is 0 Å². The molecule has 0 aliphatic heterocycles. The highest BCUT2D eigenvalue weighted by Crippen LogP contribution is 2.16. The number of hydrogen-bond donors (Lipinski definition) is 1. The highest BCUT2D eigenvalue weighted by atomic mass is 19.4. The molecule has 0 aromatic carbocycles. The van der Waals surface area contributed by atoms with Crippen LogP contribution in [0.15, 0.2) is 0 Å². The highest BCUT2D eigenvalue weighted by Gasteiger charge is 2.32. The largest absolute Gasteiger partial charge is 0.406 e. The number of hydrogen-bond acceptors (Lipinski definition) is 2. The van der Waals surface area contributed by atoms with E-state index in [-0.39, 0.29) is 6.54 Å². The summed E-state index contributed by atoms with van der Waals surface area (Å²) in [5.74, 6) is -0.890. The molecule has 0 aliphatic rings. The van der Waals surface area contributed by atoms with E-state index in [9.17, 15) is 18.0 Å². The quantitative estimate of drug-likeness (QED) is 0.726. The van der Waals surface area contributed by atoms with Crippen LogP contribution < -0.4 is 0 Å². The van der Waals surface area contributed by atoms with E-state index in [4.69, 9.17) is 5.11 Å². The number of alkyl halides is 3. The molecule has 1 N–H and O–H groups in total. The van der Waals surface area contributed by atoms with Gasteiger partial charge in [0.05, 0.1) is 0 Å². The summed E-state index contributed by atoms with van der Waals surface area (Å²) in [4.78, 5) is 11.4. The third-order valence-corrected chi connectivity index (χ3v) is 1.35. The molecule has 1 amide bonds. The zero-order valence-corrected chi connectivity index (χ0v) is 7.26. The fraction of sp³-hybridized carbons (Fsp3) is 0.857. The fourth-order valence-electron chi connectivity index (χ4n) is 0.878. The van der Waals surface area contributed by atoms with Crippen LogP contribution >= 0.6 is 0 Å². The van der Waals surface area contributed by atoms with Gasteiger partial charge >= 0.3 is 6.18 Å². The molecule has 0 aliphatic carbocycles. The summed E-state index contributed by atoms with van der Waals surface area (Å²) < 4.78 is 35.6. The minimum atomic E-state index is -4.40. The first kappa shape index (κ1) is 12.2. The molecule has 0 fully saturated rings. The van der Waals surface area contributed by atoms with Crippen molar-refractivity contribution in [1.82, 2.24) is 4.90 Å². The number of rotatable bonds is 4. The van der Waals surface area contributed by atoms with E-state index in [1.54, 1.807) is 6.92 Å². The number of carbonyl (C=O) groups excluding carboxylic acids is 1. The van der Waals surface area contributed by atoms with Gasteiger partial charge in [-0.15, -0.1) is 0 Å². The van der Waals surface area contributed by atoms with E-state index in [1.165, 1.54) is 0 Å². The van der Waals surface area contributed by atoms with Crippen LogP contribution in [0.25, 0.3) is 0 Å². The Morgan fingerprint density at radius 1 is 1.46 bits per heavy atom. The lowest BCUT2D eigenvalue weighted by atomic mass is 10.4. The van der Waals surface area contributed by atoms with Crippen LogP contribution in [-0.2, 0) is 4.79 Å². The molecule has 0 unspecified atom stereocenters. The number of aliphatic hydroxyl groups is 1. The van der Waals surface area contributed by atoms with Gasteiger partial charge in [0, 0.05) is 6.54 Å². The highest BCUT2D eigenvalue weighted by molar-refractivity contribution is 5.77. The average molecular weight is 199 g/mol. The van der Waals surface area contributed by atoms with Crippen molar-refractivity contribution < 1.29 is 23.1 Å². The van der Waals surface area contributed by atoms with Crippen molar-refractivity contribution in [1.29, 1.82) is 0 Å². The van der Waals surface area contributed by atoms with Crippen LogP contribution in [0.3, 0.4) is 0 Å². The van der Waals surface area contributed by atoms with Crippen molar-refractivity contribution in [3.8, 4) is 0 Å². The monoisotopic (exact) mass is 199 g/mol. The summed E-state index contributed by atoms with van der Waals surface area (Å²) in [7, 11) is 0. The van der Waals surface area contributed by atoms with E-state index in [0.29, 0.717) is 11.3 Å². The summed E-state index contributed by atoms with van der Waals surface area (Å²) in [6, 6.07) is 0. The molecule has 6 heteroatoms. The Kier molecular flexibility index (Phi) is 4.76. The van der Waals surface area contributed by atoms with E-state index >= 15 is 0 Å². The second kappa shape index (κ2) is 5.06. The lowest BCUT2D eigenvalue weighted by Gasteiger charge is -2.22. The molecular weight excluding hydrogens is 187 g/mol. The zero-order valence-electron chi connectivity index (χ0n) is 7.26. The molecule has 0 atom stereocenters. The number of carbonyl (C=O) groups is 1. The van der Waals surface area contributed by atoms with Gasteiger partial charge in [-0.3, -0.25) is 4.79 Å². The smallest absolute Gasteiger partial charge is 0.387 e. The Labute approximate surface area is 74.1 Å². The van der Waals surface area contributed by atoms with E-state index in [1.807, 2.05) is 0 Å². The maximum absolute atomic E-state index is 11.9. The van der Waals surface area contributed by atoms with Crippen molar-refractivity contribution in [2.45, 2.75) is 19.5 Å². The first-order valence-corrected chi connectivity index (χ1v) is 3.86. The minimum Gasteiger partial charge on any atom is -0.387 e. The average Bonchev–Trinajstić information content (AvgIpc) is 2.00. The Morgan fingerprint density at radius 3 is 2.31 bits per heavy atom. The molecule has 78 valence electrons. The standard InChI is InChI=1S/C7H12F3NO2/c1-2-3-11(6(13)4-12)5-7(8,9)10/h12H,2-5H2,1H3. The summed E-state index contributed by atoms with van der Waals surface area (Å²) in [5.41, 5.74) is 0. The van der Waals surface area contributed by atoms with Crippen molar-refractivity contribution in [3.63, 3.8) is 0 Å². The van der Waals surface area contributed by atoms with Crippen LogP contribution in [0.1, 0.15) is 13.3 Å². The Balaban J connectivity index is 4.17. The van der Waals surface area contributed by atoms with Gasteiger partial charge in [0.2, 0.25) is 5.91 Å². The van der Waals surface area contributed by atoms with Crippen molar-refractivity contribution >= 4 is 5.91 Å². The lowest BCUT2D eigenvalue weighted by Crippen LogP contribution is -2.40. The molecule has 0 radical (unpaired) electrons. The van der Waals surface area contributed by atoms with Crippen LogP contribution in [0.2, 0.25) is 0 Å². The van der Waals surface area contributed by atoms with Crippen molar-refractivity contribution in [3.05, 3.63) is 0 Å². The second-order valence-corrected chi connectivity index (χ2v) is 2.59. The van der Waals surface area contributed by atoms with Gasteiger partial charge in [0.15, 0.2) is 0 Å². The zero-order chi connectivity index (χ0) is 10.5. The molecule has 0 saturated carbocycles. The van der Waals surface area contributed by atoms with Gasteiger partial charge < -0.3 is 10.0 Å². The molecule has 0 spiro atoms. The molecule has 0 aromatic rings. The van der Waals surface area contributed by atoms with E-state index < -0.39 is 25.2 Å². The summed E-state index contributed by atoms with van der Waals surface area (Å²) in [6.45, 7) is -0.497. The Hall–Kier alpha value is -0.780. The molecular formula is C7H12F3NO2. The molecule has 0 saturated heterocycles. The Bertz CT molecular complexity index is 170. The fourth-order valence-corrected chi connectivity index (χ4v) is 0.878. The minimum absolute atomic E-state index is 0.0128. The predicted molar refractivity (Wildman–Crippen MR) is 40.0 cm³/mol. The predicted octanol–water partition coefficient (Wildman–Crippen LogP) is 0.780. The van der Waals surface area contributed by atoms with Gasteiger partial charge in [0.1, 0.15) is 13.2 Å². The molecule has 13 heavy (non-hydrogen) atoms. The van der Waals surface area contributed by atoms with Gasteiger partial charge in [0.25, 0.3) is 0 Å². The topological polar surface area (TPSA) is 40.5 Å². The number of aliphatic hydroxyl groups excluding tert-OH is 1. The third-order valence-electron chi connectivity index (χ3n) is 1.35. The van der Waals surface area contributed by atoms with Gasteiger partial charge in [-0.2, -0.15) is 13.2 Å². The SMILES string of the molecule is CCCN(CC(F)(F)F)C(=O)CO. The van der Waals surface area contributed by atoms with Crippen LogP contribution in [-0.4, -0.2) is 41.8 Å². The van der Waals surface area contributed by atoms with Crippen molar-refractivity contribution in [2.75, 3.05) is 19.7 Å². The first-order chi connectivity index (χ1) is 5.90. The van der Waals surface area contributed by atoms with E-state index in [2.05, 4.69) is 0 Å². The maximum Gasteiger partial charge on any atom is 0.406 e. The summed E-state index contributed by atoms with van der Waals surface area (Å²) >= 11 is 0. The van der Waals surface area contributed by atoms with Gasteiger partial charge in [-0.05, 0) is 6.42 Å². The molecule has 0 rings (SSSR count). The van der Waals surface area contributed by atoms with Gasteiger partial charge in [-0.25, -0.2) is 0 Å². The van der Waals surface area contributed by atoms with Gasteiger partial charge in [-0.1, -0.05) is 6.92 Å². The second-order valence-electron chi connectivity index (χ2n) is 2.59. The normalized spacial score (nSPS) is 11.5. The van der Waals surface area contributed by atoms with Crippen LogP contribution in [0, 0.1) is 0 Å². The number of amides is 1. The van der Waals surface area contributed by atoms with Crippen molar-refractivity contribution in [2.24, 2.45) is 0 Å². The number of halogens is 3. The first-order valence-electron chi connectivity index (χ1n) is 3.86. The molecule has 0 aromatic heterocycles. The molecule has 0 bridgehead atoms. The van der Waals surface area contributed by atoms with Crippen LogP contribution in [0.5, 0.6) is 0 Å². The Morgan fingerprint density at radius 2 is 2.00 bits per heavy atom.